The van der Waals surface area contributed by atoms with Gasteiger partial charge in [0.15, 0.2) is 0 Å². The molecule has 0 unspecified atom stereocenters. The van der Waals surface area contributed by atoms with E-state index in [1.165, 1.54) is 7.11 Å². The molecule has 2 heterocycles. The standard InChI is InChI=1S/C27H24N2O6/c1-16-22(27(31)34-4)14-23(35-16)19-8-11-25(28-15-19)29-26(30)18-7-5-6-17(12-18)21-10-9-20(32-2)13-24(21)33-3/h5-15H,1-4H3,(H,28,29,30). The third kappa shape index (κ3) is 5.01. The molecule has 0 spiro atoms. The highest BCUT2D eigenvalue weighted by Crippen LogP contribution is 2.33. The van der Waals surface area contributed by atoms with Gasteiger partial charge in [-0.25, -0.2) is 9.78 Å². The molecule has 0 aliphatic heterocycles. The average Bonchev–Trinajstić information content (AvgIpc) is 3.29. The summed E-state index contributed by atoms with van der Waals surface area (Å²) in [6.45, 7) is 1.69. The van der Waals surface area contributed by atoms with Gasteiger partial charge in [-0.15, -0.1) is 0 Å². The zero-order chi connectivity index (χ0) is 24.9. The van der Waals surface area contributed by atoms with Crippen molar-refractivity contribution in [2.45, 2.75) is 6.92 Å². The highest BCUT2D eigenvalue weighted by molar-refractivity contribution is 6.04. The van der Waals surface area contributed by atoms with Crippen LogP contribution in [0.1, 0.15) is 26.5 Å². The monoisotopic (exact) mass is 472 g/mol. The number of carbonyl (C=O) groups excluding carboxylic acids is 2. The first-order valence-electron chi connectivity index (χ1n) is 10.7. The molecule has 1 amide bonds. The molecule has 8 heteroatoms. The smallest absolute Gasteiger partial charge is 0.341 e. The number of hydrogen-bond donors (Lipinski definition) is 1. The van der Waals surface area contributed by atoms with Gasteiger partial charge < -0.3 is 23.9 Å². The van der Waals surface area contributed by atoms with Gasteiger partial charge in [0.05, 0.1) is 21.3 Å². The summed E-state index contributed by atoms with van der Waals surface area (Å²) in [5.74, 6) is 1.86. The number of hydrogen-bond acceptors (Lipinski definition) is 7. The SMILES string of the molecule is COC(=O)c1cc(-c2ccc(NC(=O)c3cccc(-c4ccc(OC)cc4OC)c3)nc2)oc1C. The number of methoxy groups -OCH3 is 3. The Morgan fingerprint density at radius 2 is 1.74 bits per heavy atom. The van der Waals surface area contributed by atoms with Crippen molar-refractivity contribution in [2.75, 3.05) is 26.6 Å². The van der Waals surface area contributed by atoms with Crippen LogP contribution in [0, 0.1) is 6.92 Å². The van der Waals surface area contributed by atoms with Crippen molar-refractivity contribution in [1.29, 1.82) is 0 Å². The van der Waals surface area contributed by atoms with Gasteiger partial charge in [0.2, 0.25) is 0 Å². The van der Waals surface area contributed by atoms with E-state index in [9.17, 15) is 9.59 Å². The van der Waals surface area contributed by atoms with Gasteiger partial charge in [0.1, 0.15) is 34.4 Å². The van der Waals surface area contributed by atoms with Crippen molar-refractivity contribution < 1.29 is 28.2 Å². The van der Waals surface area contributed by atoms with Crippen LogP contribution in [0.15, 0.2) is 71.3 Å². The number of carbonyl (C=O) groups is 2. The minimum absolute atomic E-state index is 0.304. The van der Waals surface area contributed by atoms with Crippen LogP contribution >= 0.6 is 0 Å². The van der Waals surface area contributed by atoms with Gasteiger partial charge in [0.25, 0.3) is 5.91 Å². The summed E-state index contributed by atoms with van der Waals surface area (Å²) in [6.07, 6.45) is 1.56. The third-order valence-electron chi connectivity index (χ3n) is 5.46. The summed E-state index contributed by atoms with van der Waals surface area (Å²) in [5.41, 5.74) is 3.15. The maximum atomic E-state index is 12.9. The molecule has 0 saturated carbocycles. The Kier molecular flexibility index (Phi) is 6.82. The fraction of sp³-hybridized carbons (Fsp3) is 0.148. The topological polar surface area (TPSA) is 99.9 Å². The first-order chi connectivity index (χ1) is 16.9. The second-order valence-corrected chi connectivity index (χ2v) is 7.61. The predicted octanol–water partition coefficient (Wildman–Crippen LogP) is 5.37. The Labute approximate surface area is 202 Å². The molecule has 2 aromatic heterocycles. The summed E-state index contributed by atoms with van der Waals surface area (Å²) in [5, 5.41) is 2.80. The quantitative estimate of drug-likeness (QED) is 0.361. The van der Waals surface area contributed by atoms with E-state index in [2.05, 4.69) is 10.3 Å². The summed E-state index contributed by atoms with van der Waals surface area (Å²) in [4.78, 5) is 29.0. The normalized spacial score (nSPS) is 10.5. The van der Waals surface area contributed by atoms with Crippen molar-refractivity contribution in [3.63, 3.8) is 0 Å². The molecular weight excluding hydrogens is 448 g/mol. The predicted molar refractivity (Wildman–Crippen MR) is 131 cm³/mol. The van der Waals surface area contributed by atoms with Crippen LogP contribution in [0.2, 0.25) is 0 Å². The van der Waals surface area contributed by atoms with E-state index in [1.807, 2.05) is 24.3 Å². The number of rotatable bonds is 7. The number of anilines is 1. The maximum Gasteiger partial charge on any atom is 0.341 e. The molecule has 35 heavy (non-hydrogen) atoms. The fourth-order valence-corrected chi connectivity index (χ4v) is 3.60. The summed E-state index contributed by atoms with van der Waals surface area (Å²) >= 11 is 0. The lowest BCUT2D eigenvalue weighted by Gasteiger charge is -2.12. The minimum atomic E-state index is -0.469. The van der Waals surface area contributed by atoms with Crippen LogP contribution in [-0.4, -0.2) is 38.2 Å². The lowest BCUT2D eigenvalue weighted by atomic mass is 10.0. The van der Waals surface area contributed by atoms with E-state index in [1.54, 1.807) is 63.7 Å². The number of furan rings is 1. The molecule has 0 bridgehead atoms. The number of aryl methyl sites for hydroxylation is 1. The van der Waals surface area contributed by atoms with Crippen LogP contribution in [0.4, 0.5) is 5.82 Å². The van der Waals surface area contributed by atoms with Crippen molar-refractivity contribution in [1.82, 2.24) is 4.98 Å². The summed E-state index contributed by atoms with van der Waals surface area (Å²) in [6, 6.07) is 17.8. The van der Waals surface area contributed by atoms with Gasteiger partial charge in [-0.05, 0) is 55.0 Å². The summed E-state index contributed by atoms with van der Waals surface area (Å²) < 4.78 is 21.2. The van der Waals surface area contributed by atoms with Crippen molar-refractivity contribution in [3.8, 4) is 33.9 Å². The molecule has 2 aromatic carbocycles. The third-order valence-corrected chi connectivity index (χ3v) is 5.46. The van der Waals surface area contributed by atoms with Gasteiger partial charge in [-0.2, -0.15) is 0 Å². The number of ether oxygens (including phenoxy) is 3. The number of aromatic nitrogens is 1. The van der Waals surface area contributed by atoms with Crippen LogP contribution < -0.4 is 14.8 Å². The van der Waals surface area contributed by atoms with E-state index < -0.39 is 5.97 Å². The molecule has 0 fully saturated rings. The zero-order valence-corrected chi connectivity index (χ0v) is 19.7. The van der Waals surface area contributed by atoms with Crippen LogP contribution in [-0.2, 0) is 4.74 Å². The first-order valence-corrected chi connectivity index (χ1v) is 10.7. The second-order valence-electron chi connectivity index (χ2n) is 7.61. The second kappa shape index (κ2) is 10.1. The minimum Gasteiger partial charge on any atom is -0.497 e. The zero-order valence-electron chi connectivity index (χ0n) is 19.7. The Morgan fingerprint density at radius 1 is 0.914 bits per heavy atom. The molecule has 0 radical (unpaired) electrons. The molecule has 0 aliphatic rings. The van der Waals surface area contributed by atoms with Gasteiger partial charge in [0, 0.05) is 29.0 Å². The van der Waals surface area contributed by atoms with Gasteiger partial charge in [-0.1, -0.05) is 12.1 Å². The number of benzene rings is 2. The Balaban J connectivity index is 1.52. The van der Waals surface area contributed by atoms with Crippen LogP contribution in [0.5, 0.6) is 11.5 Å². The molecule has 1 N–H and O–H groups in total. The molecule has 0 saturated heterocycles. The molecule has 0 aliphatic carbocycles. The molecule has 0 atom stereocenters. The van der Waals surface area contributed by atoms with Crippen LogP contribution in [0.3, 0.4) is 0 Å². The number of amides is 1. The van der Waals surface area contributed by atoms with Crippen molar-refractivity contribution in [2.24, 2.45) is 0 Å². The molecular formula is C27H24N2O6. The van der Waals surface area contributed by atoms with Crippen molar-refractivity contribution in [3.05, 3.63) is 83.7 Å². The van der Waals surface area contributed by atoms with E-state index in [0.717, 1.165) is 11.1 Å². The van der Waals surface area contributed by atoms with Crippen molar-refractivity contribution >= 4 is 17.7 Å². The number of esters is 1. The van der Waals surface area contributed by atoms with E-state index in [0.29, 0.717) is 45.5 Å². The van der Waals surface area contributed by atoms with Gasteiger partial charge >= 0.3 is 5.97 Å². The van der Waals surface area contributed by atoms with Crippen LogP contribution in [0.25, 0.3) is 22.5 Å². The molecule has 178 valence electrons. The Morgan fingerprint density at radius 3 is 2.43 bits per heavy atom. The molecule has 8 nitrogen and oxygen atoms in total. The maximum absolute atomic E-state index is 12.9. The number of nitrogens with one attached hydrogen (secondary N) is 1. The molecule has 4 rings (SSSR count). The lowest BCUT2D eigenvalue weighted by molar-refractivity contribution is 0.0598. The number of nitrogens with zero attached hydrogens (tertiary/aromatic N) is 1. The summed E-state index contributed by atoms with van der Waals surface area (Å²) in [7, 11) is 4.50. The van der Waals surface area contributed by atoms with E-state index in [4.69, 9.17) is 18.6 Å². The highest BCUT2D eigenvalue weighted by atomic mass is 16.5. The Hall–Kier alpha value is -4.59. The Bertz CT molecular complexity index is 1370. The number of pyridine rings is 1. The molecule has 4 aromatic rings. The first kappa shape index (κ1) is 23.6. The van der Waals surface area contributed by atoms with Gasteiger partial charge in [-0.3, -0.25) is 4.79 Å². The fourth-order valence-electron chi connectivity index (χ4n) is 3.60. The highest BCUT2D eigenvalue weighted by Gasteiger charge is 2.17. The lowest BCUT2D eigenvalue weighted by Crippen LogP contribution is -2.12. The largest absolute Gasteiger partial charge is 0.497 e. The van der Waals surface area contributed by atoms with E-state index in [-0.39, 0.29) is 5.91 Å². The average molecular weight is 472 g/mol. The van der Waals surface area contributed by atoms with E-state index >= 15 is 0 Å².